The zero-order chi connectivity index (χ0) is 12.8. The van der Waals surface area contributed by atoms with Crippen LogP contribution < -0.4 is 5.73 Å². The van der Waals surface area contributed by atoms with Gasteiger partial charge in [0, 0.05) is 18.2 Å². The first-order valence-corrected chi connectivity index (χ1v) is 6.54. The maximum atomic E-state index is 5.64. The van der Waals surface area contributed by atoms with Crippen molar-refractivity contribution in [3.8, 4) is 0 Å². The van der Waals surface area contributed by atoms with Gasteiger partial charge in [-0.05, 0) is 32.0 Å². The molecule has 0 heterocycles. The first-order chi connectivity index (χ1) is 8.04. The molecule has 0 fully saturated rings. The summed E-state index contributed by atoms with van der Waals surface area (Å²) in [6.07, 6.45) is 2.45. The van der Waals surface area contributed by atoms with Crippen LogP contribution in [-0.2, 0) is 6.54 Å². The molecule has 1 aromatic rings. The van der Waals surface area contributed by atoms with Crippen molar-refractivity contribution in [3.63, 3.8) is 0 Å². The monoisotopic (exact) mass is 250 g/mol. The number of thiocarbonyl (C=S) groups is 1. The fourth-order valence-corrected chi connectivity index (χ4v) is 2.03. The summed E-state index contributed by atoms with van der Waals surface area (Å²) < 4.78 is 0. The van der Waals surface area contributed by atoms with Crippen molar-refractivity contribution >= 4 is 17.2 Å². The summed E-state index contributed by atoms with van der Waals surface area (Å²) in [4.78, 5) is 2.83. The van der Waals surface area contributed by atoms with E-state index in [-0.39, 0.29) is 0 Å². The van der Waals surface area contributed by atoms with Gasteiger partial charge in [0.1, 0.15) is 4.99 Å². The third kappa shape index (κ3) is 4.44. The van der Waals surface area contributed by atoms with Crippen molar-refractivity contribution in [1.82, 2.24) is 4.90 Å². The molecule has 0 aliphatic carbocycles. The predicted molar refractivity (Wildman–Crippen MR) is 78.2 cm³/mol. The molecule has 0 aliphatic heterocycles. The van der Waals surface area contributed by atoms with Gasteiger partial charge in [-0.25, -0.2) is 0 Å². The molecule has 1 atom stereocenters. The molecule has 0 radical (unpaired) electrons. The Balaban J connectivity index is 2.68. The molecule has 2 nitrogen and oxygen atoms in total. The van der Waals surface area contributed by atoms with Crippen LogP contribution in [-0.4, -0.2) is 23.0 Å². The van der Waals surface area contributed by atoms with Crippen LogP contribution in [0.15, 0.2) is 24.3 Å². The quantitative estimate of drug-likeness (QED) is 0.787. The summed E-state index contributed by atoms with van der Waals surface area (Å²) in [5.41, 5.74) is 7.86. The van der Waals surface area contributed by atoms with E-state index in [1.807, 2.05) is 12.1 Å². The van der Waals surface area contributed by atoms with Gasteiger partial charge in [-0.1, -0.05) is 43.8 Å². The Labute approximate surface area is 110 Å². The smallest absolute Gasteiger partial charge is 0.103 e. The van der Waals surface area contributed by atoms with E-state index in [0.29, 0.717) is 11.0 Å². The van der Waals surface area contributed by atoms with Crippen molar-refractivity contribution in [2.75, 3.05) is 7.05 Å². The van der Waals surface area contributed by atoms with Gasteiger partial charge >= 0.3 is 0 Å². The molecular weight excluding hydrogens is 228 g/mol. The highest BCUT2D eigenvalue weighted by atomic mass is 32.1. The van der Waals surface area contributed by atoms with E-state index in [1.165, 1.54) is 18.4 Å². The predicted octanol–water partition coefficient (Wildman–Crippen LogP) is 2.94. The number of hydrogen-bond donors (Lipinski definition) is 1. The molecule has 2 N–H and O–H groups in total. The van der Waals surface area contributed by atoms with Crippen LogP contribution in [0.4, 0.5) is 0 Å². The van der Waals surface area contributed by atoms with E-state index < -0.39 is 0 Å². The lowest BCUT2D eigenvalue weighted by molar-refractivity contribution is 0.237. The van der Waals surface area contributed by atoms with E-state index in [4.69, 9.17) is 18.0 Å². The average Bonchev–Trinajstić information content (AvgIpc) is 2.29. The Morgan fingerprint density at radius 2 is 2.18 bits per heavy atom. The highest BCUT2D eigenvalue weighted by Gasteiger charge is 2.08. The second-order valence-electron chi connectivity index (χ2n) is 4.62. The minimum atomic E-state index is 0.469. The van der Waals surface area contributed by atoms with Gasteiger partial charge in [0.25, 0.3) is 0 Å². The summed E-state index contributed by atoms with van der Waals surface area (Å²) in [5.74, 6) is 0. The number of rotatable bonds is 6. The van der Waals surface area contributed by atoms with Crippen LogP contribution in [0.3, 0.4) is 0 Å². The maximum Gasteiger partial charge on any atom is 0.103 e. The van der Waals surface area contributed by atoms with Gasteiger partial charge in [-0.2, -0.15) is 0 Å². The largest absolute Gasteiger partial charge is 0.389 e. The fraction of sp³-hybridized carbons (Fsp3) is 0.500. The van der Waals surface area contributed by atoms with E-state index in [0.717, 1.165) is 12.1 Å². The van der Waals surface area contributed by atoms with E-state index in [2.05, 4.69) is 37.9 Å². The third-order valence-corrected chi connectivity index (χ3v) is 3.34. The molecule has 1 rings (SSSR count). The molecule has 0 amide bonds. The zero-order valence-electron chi connectivity index (χ0n) is 10.9. The normalized spacial score (nSPS) is 12.7. The molecule has 17 heavy (non-hydrogen) atoms. The molecular formula is C14H22N2S. The first-order valence-electron chi connectivity index (χ1n) is 6.13. The molecule has 0 spiro atoms. The number of nitrogens with two attached hydrogens (primary N) is 1. The lowest BCUT2D eigenvalue weighted by Gasteiger charge is -2.24. The van der Waals surface area contributed by atoms with Crippen LogP contribution >= 0.6 is 12.2 Å². The highest BCUT2D eigenvalue weighted by Crippen LogP contribution is 2.11. The Kier molecular flexibility index (Phi) is 5.59. The summed E-state index contributed by atoms with van der Waals surface area (Å²) in [6, 6.07) is 8.78. The highest BCUT2D eigenvalue weighted by molar-refractivity contribution is 7.80. The van der Waals surface area contributed by atoms with Gasteiger partial charge in [0.15, 0.2) is 0 Å². The van der Waals surface area contributed by atoms with E-state index in [1.54, 1.807) is 0 Å². The van der Waals surface area contributed by atoms with Gasteiger partial charge in [-0.3, -0.25) is 4.90 Å². The lowest BCUT2D eigenvalue weighted by atomic mass is 10.1. The van der Waals surface area contributed by atoms with Crippen molar-refractivity contribution in [2.24, 2.45) is 5.73 Å². The summed E-state index contributed by atoms with van der Waals surface area (Å²) in [7, 11) is 2.16. The Morgan fingerprint density at radius 3 is 2.76 bits per heavy atom. The Morgan fingerprint density at radius 1 is 1.47 bits per heavy atom. The lowest BCUT2D eigenvalue weighted by Crippen LogP contribution is -2.28. The van der Waals surface area contributed by atoms with Crippen LogP contribution in [0.2, 0.25) is 0 Å². The Hall–Kier alpha value is -0.930. The number of nitrogens with zero attached hydrogens (tertiary/aromatic N) is 1. The van der Waals surface area contributed by atoms with Crippen LogP contribution in [0.25, 0.3) is 0 Å². The zero-order valence-corrected chi connectivity index (χ0v) is 11.8. The van der Waals surface area contributed by atoms with E-state index >= 15 is 0 Å². The van der Waals surface area contributed by atoms with Crippen LogP contribution in [0, 0.1) is 0 Å². The third-order valence-electron chi connectivity index (χ3n) is 3.10. The molecule has 1 aromatic carbocycles. The number of benzene rings is 1. The maximum absolute atomic E-state index is 5.64. The first kappa shape index (κ1) is 14.1. The van der Waals surface area contributed by atoms with Gasteiger partial charge in [-0.15, -0.1) is 0 Å². The second kappa shape index (κ2) is 6.72. The summed E-state index contributed by atoms with van der Waals surface area (Å²) >= 11 is 4.99. The van der Waals surface area contributed by atoms with Crippen molar-refractivity contribution in [2.45, 2.75) is 39.3 Å². The molecule has 1 unspecified atom stereocenters. The average molecular weight is 250 g/mol. The molecule has 0 bridgehead atoms. The van der Waals surface area contributed by atoms with Crippen molar-refractivity contribution in [1.29, 1.82) is 0 Å². The summed E-state index contributed by atoms with van der Waals surface area (Å²) in [6.45, 7) is 5.43. The van der Waals surface area contributed by atoms with Crippen LogP contribution in [0.5, 0.6) is 0 Å². The molecule has 3 heteroatoms. The van der Waals surface area contributed by atoms with Crippen molar-refractivity contribution in [3.05, 3.63) is 35.4 Å². The van der Waals surface area contributed by atoms with Crippen molar-refractivity contribution < 1.29 is 0 Å². The van der Waals surface area contributed by atoms with Gasteiger partial charge in [0.05, 0.1) is 0 Å². The molecule has 0 aliphatic rings. The molecule has 0 saturated carbocycles. The standard InChI is InChI=1S/C14H22N2S/c1-4-6-11(2)16(3)10-12-7-5-8-13(9-12)14(15)17/h5,7-9,11H,4,6,10H2,1-3H3,(H2,15,17). The minimum Gasteiger partial charge on any atom is -0.389 e. The molecule has 0 saturated heterocycles. The van der Waals surface area contributed by atoms with Gasteiger partial charge in [0.2, 0.25) is 0 Å². The molecule has 94 valence electrons. The summed E-state index contributed by atoms with van der Waals surface area (Å²) in [5, 5.41) is 0. The van der Waals surface area contributed by atoms with E-state index in [9.17, 15) is 0 Å². The fourth-order valence-electron chi connectivity index (χ4n) is 1.90. The molecule has 0 aromatic heterocycles. The van der Waals surface area contributed by atoms with Crippen LogP contribution in [0.1, 0.15) is 37.8 Å². The number of hydrogen-bond acceptors (Lipinski definition) is 2. The van der Waals surface area contributed by atoms with Gasteiger partial charge < -0.3 is 5.73 Å². The Bertz CT molecular complexity index is 376. The second-order valence-corrected chi connectivity index (χ2v) is 5.06. The minimum absolute atomic E-state index is 0.469. The SMILES string of the molecule is CCCC(C)N(C)Cc1cccc(C(N)=S)c1. The topological polar surface area (TPSA) is 29.3 Å².